The van der Waals surface area contributed by atoms with Gasteiger partial charge in [-0.1, -0.05) is 0 Å². The van der Waals surface area contributed by atoms with Crippen LogP contribution in [0, 0.1) is 0 Å². The Kier molecular flexibility index (Phi) is 3.51. The van der Waals surface area contributed by atoms with E-state index in [4.69, 9.17) is 12.2 Å². The molecule has 1 N–H and O–H groups in total. The van der Waals surface area contributed by atoms with Crippen molar-refractivity contribution < 1.29 is 19.5 Å². The van der Waals surface area contributed by atoms with E-state index in [1.165, 1.54) is 6.21 Å². The molecule has 0 saturated heterocycles. The van der Waals surface area contributed by atoms with Crippen molar-refractivity contribution in [2.75, 3.05) is 21.1 Å². The van der Waals surface area contributed by atoms with Crippen molar-refractivity contribution in [3.8, 4) is 0 Å². The minimum atomic E-state index is -1.34. The molecule has 0 aliphatic carbocycles. The first-order valence-electron chi connectivity index (χ1n) is 4.60. The van der Waals surface area contributed by atoms with Gasteiger partial charge in [0.2, 0.25) is 5.11 Å². The predicted octanol–water partition coefficient (Wildman–Crippen LogP) is -2.02. The van der Waals surface area contributed by atoms with Gasteiger partial charge in [0.1, 0.15) is 5.97 Å². The molecule has 0 amide bonds. The molecule has 88 valence electrons. The fourth-order valence-corrected chi connectivity index (χ4v) is 1.62. The van der Waals surface area contributed by atoms with Crippen molar-refractivity contribution in [2.24, 2.45) is 9.98 Å². The summed E-state index contributed by atoms with van der Waals surface area (Å²) < 4.78 is 0.0170. The SMILES string of the molecule is C[N+](C)(C)C(C(=O)[O-])C(O)C1=NC(=S)N=C1. The van der Waals surface area contributed by atoms with E-state index in [0.29, 0.717) is 0 Å². The number of aliphatic hydroxyl groups excluding tert-OH is 1. The second-order valence-corrected chi connectivity index (χ2v) is 4.77. The highest BCUT2D eigenvalue weighted by atomic mass is 32.1. The normalized spacial score (nSPS) is 19.5. The third kappa shape index (κ3) is 2.69. The van der Waals surface area contributed by atoms with Gasteiger partial charge < -0.3 is 19.5 Å². The number of carboxylic acid groups (broad SMARTS) is 1. The molecule has 7 heteroatoms. The van der Waals surface area contributed by atoms with Gasteiger partial charge in [0, 0.05) is 0 Å². The molecular formula is C9H13N3O3S. The predicted molar refractivity (Wildman–Crippen MR) is 61.4 cm³/mol. The monoisotopic (exact) mass is 243 g/mol. The van der Waals surface area contributed by atoms with Crippen LogP contribution in [0.2, 0.25) is 0 Å². The maximum atomic E-state index is 11.0. The van der Waals surface area contributed by atoms with Crippen molar-refractivity contribution in [3.05, 3.63) is 0 Å². The Labute approximate surface area is 98.5 Å². The van der Waals surface area contributed by atoms with Crippen LogP contribution in [0.5, 0.6) is 0 Å². The molecule has 16 heavy (non-hydrogen) atoms. The first-order valence-corrected chi connectivity index (χ1v) is 5.01. The minimum Gasteiger partial charge on any atom is -0.544 e. The van der Waals surface area contributed by atoms with E-state index in [1.807, 2.05) is 0 Å². The van der Waals surface area contributed by atoms with Crippen LogP contribution in [0.4, 0.5) is 0 Å². The summed E-state index contributed by atoms with van der Waals surface area (Å²) in [6.07, 6.45) is -0.00676. The number of hydrogen-bond acceptors (Lipinski definition) is 4. The molecule has 1 heterocycles. The number of carbonyl (C=O) groups is 1. The number of hydrogen-bond donors (Lipinski definition) is 1. The first kappa shape index (κ1) is 12.9. The zero-order chi connectivity index (χ0) is 12.5. The van der Waals surface area contributed by atoms with Crippen molar-refractivity contribution in [1.29, 1.82) is 0 Å². The van der Waals surface area contributed by atoms with Crippen molar-refractivity contribution >= 4 is 35.2 Å². The molecule has 0 saturated carbocycles. The summed E-state index contributed by atoms with van der Waals surface area (Å²) in [6.45, 7) is 0. The number of aliphatic carboxylic acids is 1. The summed E-state index contributed by atoms with van der Waals surface area (Å²) in [5.41, 5.74) is 0.159. The molecule has 0 fully saturated rings. The molecule has 0 radical (unpaired) electrons. The lowest BCUT2D eigenvalue weighted by Crippen LogP contribution is -2.62. The fraction of sp³-hybridized carbons (Fsp3) is 0.556. The van der Waals surface area contributed by atoms with Crippen LogP contribution in [0.3, 0.4) is 0 Å². The number of aliphatic imine (C=N–C) groups is 2. The summed E-state index contributed by atoms with van der Waals surface area (Å²) in [5.74, 6) is -1.34. The molecule has 0 bridgehead atoms. The van der Waals surface area contributed by atoms with Crippen LogP contribution in [-0.4, -0.2) is 65.9 Å². The highest BCUT2D eigenvalue weighted by molar-refractivity contribution is 7.80. The maximum absolute atomic E-state index is 11.0. The molecular weight excluding hydrogens is 230 g/mol. The smallest absolute Gasteiger partial charge is 0.219 e. The number of carbonyl (C=O) groups excluding carboxylic acids is 1. The Morgan fingerprint density at radius 1 is 1.56 bits per heavy atom. The van der Waals surface area contributed by atoms with E-state index in [-0.39, 0.29) is 15.3 Å². The van der Waals surface area contributed by atoms with Gasteiger partial charge in [0.05, 0.1) is 33.1 Å². The van der Waals surface area contributed by atoms with Gasteiger partial charge in [0.25, 0.3) is 0 Å². The number of aliphatic hydroxyl groups is 1. The third-order valence-corrected chi connectivity index (χ3v) is 2.41. The molecule has 1 aliphatic rings. The topological polar surface area (TPSA) is 85.1 Å². The lowest BCUT2D eigenvalue weighted by atomic mass is 10.0. The van der Waals surface area contributed by atoms with Crippen LogP contribution in [0.1, 0.15) is 0 Å². The fourth-order valence-electron chi connectivity index (χ4n) is 1.46. The average molecular weight is 243 g/mol. The molecule has 0 spiro atoms. The number of thiocarbonyl (C=S) groups is 1. The summed E-state index contributed by atoms with van der Waals surface area (Å²) in [4.78, 5) is 18.5. The molecule has 1 rings (SSSR count). The van der Waals surface area contributed by atoms with Gasteiger partial charge in [-0.15, -0.1) is 0 Å². The molecule has 2 unspecified atom stereocenters. The Morgan fingerprint density at radius 3 is 2.44 bits per heavy atom. The average Bonchev–Trinajstić information content (AvgIpc) is 2.48. The van der Waals surface area contributed by atoms with Crippen molar-refractivity contribution in [1.82, 2.24) is 0 Å². The van der Waals surface area contributed by atoms with Gasteiger partial charge >= 0.3 is 0 Å². The second-order valence-electron chi connectivity index (χ2n) is 4.40. The molecule has 0 aromatic rings. The molecule has 0 aromatic carbocycles. The van der Waals surface area contributed by atoms with Gasteiger partial charge in [-0.3, -0.25) is 0 Å². The number of likely N-dealkylation sites (N-methyl/N-ethyl adjacent to an activating group) is 1. The molecule has 1 aliphatic heterocycles. The van der Waals surface area contributed by atoms with Crippen LogP contribution < -0.4 is 5.11 Å². The van der Waals surface area contributed by atoms with Crippen molar-refractivity contribution in [2.45, 2.75) is 12.1 Å². The van der Waals surface area contributed by atoms with Gasteiger partial charge in [-0.2, -0.15) is 0 Å². The van der Waals surface area contributed by atoms with Gasteiger partial charge in [-0.25, -0.2) is 9.98 Å². The number of carboxylic acids is 1. The minimum absolute atomic E-state index is 0.0170. The van der Waals surface area contributed by atoms with E-state index in [9.17, 15) is 15.0 Å². The summed E-state index contributed by atoms with van der Waals surface area (Å²) >= 11 is 4.70. The summed E-state index contributed by atoms with van der Waals surface area (Å²) in [7, 11) is 4.94. The summed E-state index contributed by atoms with van der Waals surface area (Å²) in [5, 5.41) is 21.0. The van der Waals surface area contributed by atoms with E-state index in [0.717, 1.165) is 0 Å². The highest BCUT2D eigenvalue weighted by Gasteiger charge is 2.36. The Balaban J connectivity index is 2.98. The largest absolute Gasteiger partial charge is 0.544 e. The van der Waals surface area contributed by atoms with Gasteiger partial charge in [-0.05, 0) is 12.2 Å². The lowest BCUT2D eigenvalue weighted by Gasteiger charge is -2.37. The van der Waals surface area contributed by atoms with Crippen LogP contribution in [-0.2, 0) is 4.79 Å². The summed E-state index contributed by atoms with van der Waals surface area (Å²) in [6, 6.07) is -1.12. The lowest BCUT2D eigenvalue weighted by molar-refractivity contribution is -0.891. The Bertz CT molecular complexity index is 384. The number of rotatable bonds is 4. The van der Waals surface area contributed by atoms with E-state index in [1.54, 1.807) is 21.1 Å². The standard InChI is InChI=1S/C9H13N3O3S/c1-12(2,3)6(8(14)15)7(13)5-4-10-9(16)11-5/h4,6-7,13H,1-3H3. The third-order valence-electron chi connectivity index (χ3n) is 2.21. The van der Waals surface area contributed by atoms with Crippen LogP contribution in [0.25, 0.3) is 0 Å². The van der Waals surface area contributed by atoms with E-state index < -0.39 is 18.1 Å². The first-order chi connectivity index (χ1) is 7.23. The van der Waals surface area contributed by atoms with E-state index >= 15 is 0 Å². The number of quaternary nitrogens is 1. The van der Waals surface area contributed by atoms with E-state index in [2.05, 4.69) is 9.98 Å². The quantitative estimate of drug-likeness (QED) is 0.456. The zero-order valence-electron chi connectivity index (χ0n) is 9.25. The van der Waals surface area contributed by atoms with Crippen molar-refractivity contribution in [3.63, 3.8) is 0 Å². The zero-order valence-corrected chi connectivity index (χ0v) is 10.1. The van der Waals surface area contributed by atoms with Gasteiger partial charge in [0.15, 0.2) is 12.1 Å². The number of nitrogens with zero attached hydrogens (tertiary/aromatic N) is 3. The molecule has 6 nitrogen and oxygen atoms in total. The second kappa shape index (κ2) is 4.36. The molecule has 2 atom stereocenters. The highest BCUT2D eigenvalue weighted by Crippen LogP contribution is 2.11. The Hall–Kier alpha value is -1.18. The maximum Gasteiger partial charge on any atom is 0.219 e. The Morgan fingerprint density at radius 2 is 2.12 bits per heavy atom. The van der Waals surface area contributed by atoms with Crippen LogP contribution >= 0.6 is 12.2 Å². The molecule has 0 aromatic heterocycles. The van der Waals surface area contributed by atoms with Crippen LogP contribution in [0.15, 0.2) is 9.98 Å².